The lowest BCUT2D eigenvalue weighted by Gasteiger charge is -2.39. The smallest absolute Gasteiger partial charge is 0.255 e. The van der Waals surface area contributed by atoms with E-state index in [1.165, 1.54) is 5.39 Å². The maximum atomic E-state index is 13.2. The SMILES string of the molecule is Cn1c2ccncc2c2ccc(-c3ccc(O[C@H]4C[C@@H](C(=O)N5CCC(OCCCCOc6ccc7c(c6)C(=O)N(C6CCC(=O)NC6=O)C7)CC5)C4)nc3)cc21. The summed E-state index contributed by atoms with van der Waals surface area (Å²) in [6, 6.07) is 17.3. The maximum Gasteiger partial charge on any atom is 0.255 e. The summed E-state index contributed by atoms with van der Waals surface area (Å²) in [5.74, 6) is 0.472. The van der Waals surface area contributed by atoms with Gasteiger partial charge in [0.15, 0.2) is 0 Å². The number of aromatic nitrogens is 3. The van der Waals surface area contributed by atoms with Crippen LogP contribution in [0.25, 0.3) is 32.9 Å². The predicted molar refractivity (Wildman–Crippen MR) is 211 cm³/mol. The van der Waals surface area contributed by atoms with Crippen molar-refractivity contribution >= 4 is 45.4 Å². The molecule has 6 heterocycles. The van der Waals surface area contributed by atoms with Crippen LogP contribution in [0.1, 0.15) is 67.3 Å². The number of likely N-dealkylation sites (tertiary alicyclic amines) is 1. The van der Waals surface area contributed by atoms with E-state index in [9.17, 15) is 19.2 Å². The van der Waals surface area contributed by atoms with E-state index in [2.05, 4.69) is 45.1 Å². The quantitative estimate of drug-likeness (QED) is 0.127. The maximum absolute atomic E-state index is 13.2. The first kappa shape index (κ1) is 36.8. The van der Waals surface area contributed by atoms with Crippen molar-refractivity contribution in [1.82, 2.24) is 29.7 Å². The number of pyridine rings is 2. The van der Waals surface area contributed by atoms with E-state index in [4.69, 9.17) is 14.2 Å². The fourth-order valence-corrected chi connectivity index (χ4v) is 8.66. The van der Waals surface area contributed by atoms with Crippen LogP contribution in [0.4, 0.5) is 0 Å². The standard InChI is InChI=1S/C44H46N6O7/c1-48-37-12-15-45-25-36(37)34-8-5-27(22-39(34)48)28-6-11-41(46-24-28)57-33-20-30(21-33)43(53)49-16-13-31(14-17-49)55-18-2-3-19-56-32-7-4-29-26-50(44(54)35(29)23-32)38-9-10-40(51)47-42(38)52/h4-8,11-12,15,22-25,30-31,33,38H,2-3,9-10,13-14,16-21,26H2,1H3,(H,47,51,52)/t30-,33+,38?. The van der Waals surface area contributed by atoms with Crippen LogP contribution in [-0.4, -0.2) is 92.5 Å². The molecule has 4 amide bonds. The highest BCUT2D eigenvalue weighted by Gasteiger charge is 2.40. The molecule has 57 heavy (non-hydrogen) atoms. The number of carbonyl (C=O) groups is 4. The van der Waals surface area contributed by atoms with Crippen LogP contribution in [0.5, 0.6) is 11.6 Å². The van der Waals surface area contributed by atoms with Crippen LogP contribution in [0.15, 0.2) is 73.2 Å². The minimum atomic E-state index is -0.631. The molecule has 0 radical (unpaired) electrons. The molecule has 1 atom stereocenters. The molecule has 1 aliphatic carbocycles. The van der Waals surface area contributed by atoms with Crippen molar-refractivity contribution < 1.29 is 33.4 Å². The summed E-state index contributed by atoms with van der Waals surface area (Å²) in [5.41, 5.74) is 5.80. The van der Waals surface area contributed by atoms with Gasteiger partial charge < -0.3 is 28.6 Å². The van der Waals surface area contributed by atoms with Crippen molar-refractivity contribution in [1.29, 1.82) is 0 Å². The number of unbranched alkanes of at least 4 members (excludes halogenated alkanes) is 1. The highest BCUT2D eigenvalue weighted by Crippen LogP contribution is 2.35. The van der Waals surface area contributed by atoms with Crippen molar-refractivity contribution in [3.05, 3.63) is 84.3 Å². The predicted octanol–water partition coefficient (Wildman–Crippen LogP) is 5.57. The Morgan fingerprint density at radius 2 is 1.68 bits per heavy atom. The molecule has 5 aromatic rings. The number of rotatable bonds is 12. The lowest BCUT2D eigenvalue weighted by molar-refractivity contribution is -0.144. The number of imide groups is 1. The molecule has 2 saturated heterocycles. The second-order valence-corrected chi connectivity index (χ2v) is 15.6. The lowest BCUT2D eigenvalue weighted by Crippen LogP contribution is -2.52. The first-order valence-electron chi connectivity index (χ1n) is 20.0. The molecule has 4 aliphatic rings. The van der Waals surface area contributed by atoms with Crippen LogP contribution in [-0.2, 0) is 32.7 Å². The van der Waals surface area contributed by atoms with Gasteiger partial charge in [-0.2, -0.15) is 0 Å². The fourth-order valence-electron chi connectivity index (χ4n) is 8.66. The summed E-state index contributed by atoms with van der Waals surface area (Å²) in [5, 5.41) is 4.66. The molecule has 3 aromatic heterocycles. The van der Waals surface area contributed by atoms with Crippen LogP contribution < -0.4 is 14.8 Å². The molecule has 1 unspecified atom stereocenters. The largest absolute Gasteiger partial charge is 0.494 e. The molecule has 9 rings (SSSR count). The Balaban J connectivity index is 0.657. The van der Waals surface area contributed by atoms with E-state index in [-0.39, 0.29) is 42.3 Å². The summed E-state index contributed by atoms with van der Waals surface area (Å²) in [6.45, 7) is 2.88. The summed E-state index contributed by atoms with van der Waals surface area (Å²) >= 11 is 0. The number of carbonyl (C=O) groups excluding carboxylic acids is 4. The molecule has 2 aromatic carbocycles. The first-order chi connectivity index (χ1) is 27.8. The molecular formula is C44H46N6O7. The Labute approximate surface area is 330 Å². The van der Waals surface area contributed by atoms with E-state index in [1.54, 1.807) is 11.0 Å². The van der Waals surface area contributed by atoms with Crippen LogP contribution >= 0.6 is 0 Å². The van der Waals surface area contributed by atoms with Gasteiger partial charge in [-0.05, 0) is 86.4 Å². The van der Waals surface area contributed by atoms with E-state index < -0.39 is 11.9 Å². The lowest BCUT2D eigenvalue weighted by atomic mass is 9.81. The molecule has 1 N–H and O–H groups in total. The zero-order chi connectivity index (χ0) is 39.0. The molecule has 1 saturated carbocycles. The monoisotopic (exact) mass is 770 g/mol. The number of nitrogens with zero attached hydrogens (tertiary/aromatic N) is 5. The summed E-state index contributed by atoms with van der Waals surface area (Å²) in [4.78, 5) is 62.6. The fraction of sp³-hybridized carbons (Fsp3) is 0.409. The van der Waals surface area contributed by atoms with Gasteiger partial charge in [0.2, 0.25) is 23.6 Å². The van der Waals surface area contributed by atoms with E-state index >= 15 is 0 Å². The van der Waals surface area contributed by atoms with E-state index in [0.717, 1.165) is 58.8 Å². The van der Waals surface area contributed by atoms with Gasteiger partial charge in [-0.25, -0.2) is 4.98 Å². The highest BCUT2D eigenvalue weighted by molar-refractivity contribution is 6.08. The van der Waals surface area contributed by atoms with Gasteiger partial charge in [0.05, 0.1) is 18.2 Å². The van der Waals surface area contributed by atoms with Gasteiger partial charge in [-0.1, -0.05) is 18.2 Å². The number of hydrogen-bond donors (Lipinski definition) is 1. The number of piperidine rings is 2. The van der Waals surface area contributed by atoms with Crippen LogP contribution in [0.2, 0.25) is 0 Å². The molecule has 13 nitrogen and oxygen atoms in total. The summed E-state index contributed by atoms with van der Waals surface area (Å²) in [7, 11) is 2.08. The second-order valence-electron chi connectivity index (χ2n) is 15.6. The highest BCUT2D eigenvalue weighted by atomic mass is 16.5. The molecule has 3 fully saturated rings. The average molecular weight is 771 g/mol. The van der Waals surface area contributed by atoms with E-state index in [1.807, 2.05) is 53.8 Å². The number of nitrogens with one attached hydrogen (secondary N) is 1. The third kappa shape index (κ3) is 7.43. The Hall–Kier alpha value is -5.82. The topological polar surface area (TPSA) is 145 Å². The Morgan fingerprint density at radius 3 is 2.49 bits per heavy atom. The normalized spacial score (nSPS) is 21.1. The van der Waals surface area contributed by atoms with Gasteiger partial charge in [0, 0.05) is 97.7 Å². The first-order valence-corrected chi connectivity index (χ1v) is 20.0. The Bertz CT molecular complexity index is 2340. The van der Waals surface area contributed by atoms with Gasteiger partial charge >= 0.3 is 0 Å². The van der Waals surface area contributed by atoms with Crippen LogP contribution in [0, 0.1) is 5.92 Å². The van der Waals surface area contributed by atoms with Crippen molar-refractivity contribution in [2.24, 2.45) is 13.0 Å². The Kier molecular flexibility index (Phi) is 10.1. The van der Waals surface area contributed by atoms with Crippen molar-refractivity contribution in [3.8, 4) is 22.8 Å². The van der Waals surface area contributed by atoms with Gasteiger partial charge in [-0.15, -0.1) is 0 Å². The number of amides is 4. The van der Waals surface area contributed by atoms with Crippen molar-refractivity contribution in [2.45, 2.75) is 76.2 Å². The zero-order valence-electron chi connectivity index (χ0n) is 32.0. The molecule has 3 aliphatic heterocycles. The Morgan fingerprint density at radius 1 is 0.860 bits per heavy atom. The van der Waals surface area contributed by atoms with Gasteiger partial charge in [0.1, 0.15) is 17.9 Å². The van der Waals surface area contributed by atoms with Gasteiger partial charge in [-0.3, -0.25) is 29.5 Å². The van der Waals surface area contributed by atoms with Crippen molar-refractivity contribution in [3.63, 3.8) is 0 Å². The van der Waals surface area contributed by atoms with E-state index in [0.29, 0.717) is 69.3 Å². The zero-order valence-corrected chi connectivity index (χ0v) is 32.0. The molecule has 0 bridgehead atoms. The van der Waals surface area contributed by atoms with Gasteiger partial charge in [0.25, 0.3) is 5.91 Å². The molecular weight excluding hydrogens is 725 g/mol. The molecule has 294 valence electrons. The number of benzene rings is 2. The number of aryl methyl sites for hydroxylation is 1. The summed E-state index contributed by atoms with van der Waals surface area (Å²) < 4.78 is 20.4. The minimum Gasteiger partial charge on any atom is -0.494 e. The number of hydrogen-bond acceptors (Lipinski definition) is 9. The summed E-state index contributed by atoms with van der Waals surface area (Å²) in [6.07, 6.45) is 11.0. The van der Waals surface area contributed by atoms with Crippen LogP contribution in [0.3, 0.4) is 0 Å². The number of fused-ring (bicyclic) bond motifs is 4. The molecule has 13 heteroatoms. The third-order valence-electron chi connectivity index (χ3n) is 12.0. The average Bonchev–Trinajstić information content (AvgIpc) is 3.69. The second kappa shape index (κ2) is 15.6. The minimum absolute atomic E-state index is 0.0107. The number of ether oxygens (including phenoxy) is 3. The molecule has 0 spiro atoms. The van der Waals surface area contributed by atoms with Crippen molar-refractivity contribution in [2.75, 3.05) is 26.3 Å². The third-order valence-corrected chi connectivity index (χ3v) is 12.0.